The van der Waals surface area contributed by atoms with Gasteiger partial charge in [-0.2, -0.15) is 13.2 Å². The number of hydrogen-bond acceptors (Lipinski definition) is 7. The molecule has 2 aromatic heterocycles. The number of amides is 2. The molecule has 3 fully saturated rings. The molecule has 2 atom stereocenters. The molecule has 0 radical (unpaired) electrons. The number of halogens is 3. The first-order chi connectivity index (χ1) is 25.3. The second kappa shape index (κ2) is 16.5. The van der Waals surface area contributed by atoms with Crippen molar-refractivity contribution in [1.29, 1.82) is 0 Å². The third-order valence-electron chi connectivity index (χ3n) is 10.9. The molecule has 2 saturated heterocycles. The number of likely N-dealkylation sites (tertiary alicyclic amines) is 2. The molecule has 6 rings (SSSR count). The number of carboxylic acid groups (broad SMARTS) is 1. The molecular weight excluding hydrogens is 722 g/mol. The summed E-state index contributed by atoms with van der Waals surface area (Å²) < 4.78 is 55.0. The lowest BCUT2D eigenvalue weighted by Gasteiger charge is -2.50. The van der Waals surface area contributed by atoms with E-state index in [2.05, 4.69) is 9.83 Å². The van der Waals surface area contributed by atoms with Gasteiger partial charge in [-0.25, -0.2) is 6.57 Å². The van der Waals surface area contributed by atoms with E-state index in [4.69, 9.17) is 16.0 Å². The summed E-state index contributed by atoms with van der Waals surface area (Å²) in [4.78, 5) is 52.4. The Hall–Kier alpha value is -4.48. The molecule has 0 spiro atoms. The minimum atomic E-state index is -4.80. The highest BCUT2D eigenvalue weighted by atomic mass is 32.1. The van der Waals surface area contributed by atoms with Crippen LogP contribution in [0, 0.1) is 19.4 Å². The van der Waals surface area contributed by atoms with Crippen molar-refractivity contribution in [2.24, 2.45) is 5.92 Å². The summed E-state index contributed by atoms with van der Waals surface area (Å²) in [5.74, 6) is -2.03. The molecule has 0 bridgehead atoms. The highest BCUT2D eigenvalue weighted by Crippen LogP contribution is 2.44. The summed E-state index contributed by atoms with van der Waals surface area (Å²) >= 11 is 1.44. The summed E-state index contributed by atoms with van der Waals surface area (Å²) in [7, 11) is 0. The Kier molecular flexibility index (Phi) is 12.4. The van der Waals surface area contributed by atoms with Crippen LogP contribution in [0.1, 0.15) is 97.8 Å². The number of carbonyl (C=O) groups excluding carboxylic acids is 2. The van der Waals surface area contributed by atoms with Crippen LogP contribution in [-0.2, 0) is 32.6 Å². The lowest BCUT2D eigenvalue weighted by atomic mass is 9.77. The number of hydrogen-bond donors (Lipinski definition) is 1. The van der Waals surface area contributed by atoms with Crippen molar-refractivity contribution in [3.63, 3.8) is 0 Å². The Labute approximate surface area is 318 Å². The van der Waals surface area contributed by atoms with Gasteiger partial charge in [-0.3, -0.25) is 19.4 Å². The molecule has 1 aliphatic carbocycles. The lowest BCUT2D eigenvalue weighted by Crippen LogP contribution is -2.68. The van der Waals surface area contributed by atoms with E-state index < -0.39 is 52.4 Å². The van der Waals surface area contributed by atoms with Crippen LogP contribution < -0.4 is 4.74 Å². The average Bonchev–Trinajstić information content (AvgIpc) is 3.54. The number of thiophene rings is 1. The van der Waals surface area contributed by atoms with Crippen LogP contribution >= 0.6 is 11.3 Å². The molecule has 10 nitrogen and oxygen atoms in total. The number of alkyl halides is 3. The normalized spacial score (nSPS) is 23.7. The highest BCUT2D eigenvalue weighted by molar-refractivity contribution is 7.10. The second-order valence-electron chi connectivity index (χ2n) is 14.2. The van der Waals surface area contributed by atoms with Gasteiger partial charge in [0.15, 0.2) is 0 Å². The number of rotatable bonds is 11. The Morgan fingerprint density at radius 1 is 1.09 bits per heavy atom. The molecule has 1 saturated carbocycles. The summed E-state index contributed by atoms with van der Waals surface area (Å²) in [5, 5.41) is 11.0. The Morgan fingerprint density at radius 2 is 1.81 bits per heavy atom. The van der Waals surface area contributed by atoms with Gasteiger partial charge in [0, 0.05) is 60.9 Å². The zero-order chi connectivity index (χ0) is 38.0. The zero-order valence-corrected chi connectivity index (χ0v) is 30.5. The highest BCUT2D eigenvalue weighted by Gasteiger charge is 2.57. The summed E-state index contributed by atoms with van der Waals surface area (Å²) in [6, 6.07) is 10.5. The van der Waals surface area contributed by atoms with Crippen molar-refractivity contribution in [1.82, 2.24) is 14.8 Å². The van der Waals surface area contributed by atoms with E-state index in [0.717, 1.165) is 34.3 Å². The third kappa shape index (κ3) is 7.98. The molecule has 2 aliphatic heterocycles. The fraction of sp³-hybridized carbons (Fsp3) is 0.525. The zero-order valence-electron chi connectivity index (χ0n) is 29.7. The number of aliphatic carboxylic acids is 1. The molecule has 54 heavy (non-hydrogen) atoms. The molecule has 3 aromatic rings. The maximum Gasteiger partial charge on any atom is 0.418 e. The summed E-state index contributed by atoms with van der Waals surface area (Å²) in [6.45, 7) is 13.0. The fourth-order valence-corrected chi connectivity index (χ4v) is 8.63. The number of carboxylic acids is 1. The van der Waals surface area contributed by atoms with E-state index in [-0.39, 0.29) is 52.1 Å². The van der Waals surface area contributed by atoms with Crippen molar-refractivity contribution in [2.75, 3.05) is 19.6 Å². The second-order valence-corrected chi connectivity index (χ2v) is 15.3. The largest absolute Gasteiger partial charge is 0.481 e. The van der Waals surface area contributed by atoms with Gasteiger partial charge in [0.1, 0.15) is 11.4 Å². The van der Waals surface area contributed by atoms with Crippen molar-refractivity contribution in [3.05, 3.63) is 92.7 Å². The minimum absolute atomic E-state index is 0. The fourth-order valence-electron chi connectivity index (χ4n) is 8.03. The molecule has 4 heterocycles. The van der Waals surface area contributed by atoms with Crippen LogP contribution in [0.5, 0.6) is 5.75 Å². The minimum Gasteiger partial charge on any atom is -0.481 e. The van der Waals surface area contributed by atoms with Crippen LogP contribution in [0.2, 0.25) is 0 Å². The number of aromatic nitrogens is 1. The quantitative estimate of drug-likeness (QED) is 0.196. The number of piperidine rings is 2. The predicted molar refractivity (Wildman–Crippen MR) is 197 cm³/mol. The van der Waals surface area contributed by atoms with Crippen molar-refractivity contribution in [3.8, 4) is 5.75 Å². The van der Waals surface area contributed by atoms with E-state index in [0.29, 0.717) is 50.7 Å². The van der Waals surface area contributed by atoms with E-state index in [1.165, 1.54) is 16.2 Å². The lowest BCUT2D eigenvalue weighted by molar-refractivity contribution is -0.160. The van der Waals surface area contributed by atoms with E-state index in [1.54, 1.807) is 10.3 Å². The SMILES string of the molecule is C.[C-]#[N+]C1(c2ccccc2COC2CC(C(=O)O)C2)CCN(C(=O)[C@]2(Oc3csc(C)c3)CCCN(C(=O)c3ncccc3C(F)(F)F)[C@@H]2CCC)CC1. The van der Waals surface area contributed by atoms with Crippen molar-refractivity contribution < 1.29 is 42.1 Å². The number of pyridine rings is 1. The number of aryl methyl sites for hydroxylation is 1. The molecule has 14 heteroatoms. The van der Waals surface area contributed by atoms with Gasteiger partial charge in [0.25, 0.3) is 17.4 Å². The van der Waals surface area contributed by atoms with Crippen LogP contribution in [0.15, 0.2) is 54.0 Å². The Morgan fingerprint density at radius 3 is 2.44 bits per heavy atom. The molecule has 1 N–H and O–H groups in total. The maximum absolute atomic E-state index is 15.0. The van der Waals surface area contributed by atoms with E-state index in [1.807, 2.05) is 44.2 Å². The van der Waals surface area contributed by atoms with Crippen molar-refractivity contribution >= 4 is 29.1 Å². The van der Waals surface area contributed by atoms with E-state index >= 15 is 4.79 Å². The van der Waals surface area contributed by atoms with Gasteiger partial charge in [-0.1, -0.05) is 45.0 Å². The molecule has 3 aliphatic rings. The van der Waals surface area contributed by atoms with Crippen LogP contribution in [0.4, 0.5) is 13.2 Å². The van der Waals surface area contributed by atoms with Gasteiger partial charge in [-0.05, 0) is 56.4 Å². The standard InChI is InChI=1S/C39H43F3N4O6S.CH4/c1-4-9-32-38(52-29-20-25(2)53-24-29,13-8-17-46(32)34(47)33-31(39(40,41)42)12-7-16-44-33)36(50)45-18-14-37(43-3,15-19-45)30-11-6-5-10-26(30)23-51-28-21-27(22-28)35(48)49;/h5-7,10-12,16,20,24,27-28,32H,4,8-9,13-15,17-19,21-23H2,1-2H3,(H,48,49);1H4/t27?,28?,32-,38+;/m1./s1. The summed E-state index contributed by atoms with van der Waals surface area (Å²) in [5.41, 5.74) is -2.73. The van der Waals surface area contributed by atoms with Gasteiger partial charge in [0.2, 0.25) is 5.60 Å². The van der Waals surface area contributed by atoms with Crippen molar-refractivity contribution in [2.45, 2.75) is 109 Å². The molecule has 1 aromatic carbocycles. The van der Waals surface area contributed by atoms with Gasteiger partial charge in [0.05, 0.1) is 30.2 Å². The number of nitrogens with zero attached hydrogens (tertiary/aromatic N) is 4. The van der Waals surface area contributed by atoms with Crippen LogP contribution in [0.3, 0.4) is 0 Å². The molecule has 2 amide bonds. The Bertz CT molecular complexity index is 1860. The summed E-state index contributed by atoms with van der Waals surface area (Å²) in [6.07, 6.45) is -0.869. The van der Waals surface area contributed by atoms with Gasteiger partial charge < -0.3 is 29.2 Å². The molecule has 290 valence electrons. The number of carbonyl (C=O) groups is 3. The topological polar surface area (TPSA) is 114 Å². The first-order valence-corrected chi connectivity index (χ1v) is 18.9. The molecule has 0 unspecified atom stereocenters. The monoisotopic (exact) mass is 768 g/mol. The predicted octanol–water partition coefficient (Wildman–Crippen LogP) is 8.15. The average molecular weight is 769 g/mol. The van der Waals surface area contributed by atoms with E-state index in [9.17, 15) is 27.9 Å². The smallest absolute Gasteiger partial charge is 0.418 e. The third-order valence-corrected chi connectivity index (χ3v) is 11.7. The maximum atomic E-state index is 15.0. The molecular formula is C40H47F3N4O6S. The van der Waals surface area contributed by atoms with Gasteiger partial charge >= 0.3 is 12.1 Å². The van der Waals surface area contributed by atoms with Crippen LogP contribution in [0.25, 0.3) is 4.85 Å². The number of ether oxygens (including phenoxy) is 2. The van der Waals surface area contributed by atoms with Crippen LogP contribution in [-0.4, -0.2) is 75.1 Å². The first kappa shape index (κ1) is 40.7. The first-order valence-electron chi connectivity index (χ1n) is 18.0. The number of benzene rings is 1. The van der Waals surface area contributed by atoms with Gasteiger partial charge in [-0.15, -0.1) is 11.3 Å². The Balaban J connectivity index is 0.00000561.